The molecule has 0 N–H and O–H groups in total. The van der Waals surface area contributed by atoms with Crippen molar-refractivity contribution in [2.75, 3.05) is 0 Å². The topological polar surface area (TPSA) is 0 Å². The Kier molecular flexibility index (Phi) is 25.8. The van der Waals surface area contributed by atoms with Crippen LogP contribution in [-0.4, -0.2) is 75.1 Å². The van der Waals surface area contributed by atoms with Gasteiger partial charge in [0, 0.05) is 17.6 Å². The summed E-state index contributed by atoms with van der Waals surface area (Å²) in [7, 11) is -3.40. The van der Waals surface area contributed by atoms with E-state index in [0.717, 1.165) is 0 Å². The van der Waals surface area contributed by atoms with E-state index in [2.05, 4.69) is 78.6 Å². The normalized spacial score (nSPS) is 11.4. The first-order valence-electron chi connectivity index (χ1n) is 7.38. The molecule has 0 unspecified atom stereocenters. The zero-order valence-electron chi connectivity index (χ0n) is 16.8. The molecule has 0 aromatic carbocycles. The Hall–Kier alpha value is 2.97. The van der Waals surface area contributed by atoms with E-state index in [0.29, 0.717) is 0 Å². The quantitative estimate of drug-likeness (QED) is 0.321. The molecule has 10 heteroatoms. The van der Waals surface area contributed by atoms with Crippen molar-refractivity contribution >= 4 is 97.2 Å². The van der Waals surface area contributed by atoms with Crippen LogP contribution in [0.25, 0.3) is 0 Å². The monoisotopic (exact) mass is 566 g/mol. The Morgan fingerprint density at radius 1 is 0.545 bits per heavy atom. The van der Waals surface area contributed by atoms with Gasteiger partial charge in [0.25, 0.3) is 0 Å². The van der Waals surface area contributed by atoms with E-state index in [-0.39, 0.29) is 17.6 Å². The summed E-state index contributed by atoms with van der Waals surface area (Å²) < 4.78 is 0. The molecule has 0 fully saturated rings. The van der Waals surface area contributed by atoms with E-state index in [1.165, 1.54) is 0 Å². The fraction of sp³-hybridized carbons (Fsp3) is 1.00. The van der Waals surface area contributed by atoms with Gasteiger partial charge in [-0.05, 0) is 0 Å². The molecule has 0 rings (SSSR count). The van der Waals surface area contributed by atoms with E-state index >= 15 is 0 Å². The van der Waals surface area contributed by atoms with Crippen molar-refractivity contribution in [1.82, 2.24) is 0 Å². The fourth-order valence-electron chi connectivity index (χ4n) is 0.658. The van der Waals surface area contributed by atoms with Crippen LogP contribution in [0.5, 0.6) is 0 Å². The van der Waals surface area contributed by atoms with Gasteiger partial charge in [-0.15, -0.1) is 0 Å². The number of hydrogen-bond acceptors (Lipinski definition) is 0. The third-order valence-electron chi connectivity index (χ3n) is 1.51. The van der Waals surface area contributed by atoms with Crippen molar-refractivity contribution < 1.29 is 0 Å². The molecular formula is C12H36Cl2Ge2Si6. The summed E-state index contributed by atoms with van der Waals surface area (Å²) in [5.74, 6) is 0. The molecule has 22 heavy (non-hydrogen) atoms. The molecule has 0 aliphatic carbocycles. The molecule has 0 heterocycles. The van der Waals surface area contributed by atoms with Gasteiger partial charge in [-0.3, -0.25) is 0 Å². The molecule has 0 bridgehead atoms. The van der Waals surface area contributed by atoms with Crippen LogP contribution in [0.1, 0.15) is 0 Å². The Balaban J connectivity index is -0.000000133. The molecule has 0 aliphatic heterocycles. The standard InChI is InChI=1S/C6H18Cl2Si4.2C3H9Si.Ge2/c1-11(2,3)9(7)10(8)12(4,5)6;2*1-4(2)3;1-2/h1-6H3;2*1-3H3;. The van der Waals surface area contributed by atoms with Gasteiger partial charge in [0.05, 0.1) is 15.2 Å². The Bertz CT molecular complexity index is 215. The summed E-state index contributed by atoms with van der Waals surface area (Å²) in [5, 5.41) is 0. The first-order chi connectivity index (χ1) is 9.53. The van der Waals surface area contributed by atoms with Crippen molar-refractivity contribution in [3.8, 4) is 0 Å². The molecule has 0 atom stereocenters. The third kappa shape index (κ3) is 30.8. The van der Waals surface area contributed by atoms with Crippen LogP contribution < -0.4 is 0 Å². The van der Waals surface area contributed by atoms with Crippen LogP contribution in [-0.2, 0) is 0 Å². The Morgan fingerprint density at radius 3 is 0.682 bits per heavy atom. The van der Waals surface area contributed by atoms with Crippen LogP contribution in [0.3, 0.4) is 0 Å². The van der Waals surface area contributed by atoms with Gasteiger partial charge >= 0.3 is 28.0 Å². The van der Waals surface area contributed by atoms with Gasteiger partial charge < -0.3 is 0 Å². The zero-order chi connectivity index (χ0) is 19.3. The summed E-state index contributed by atoms with van der Waals surface area (Å²) in [6, 6.07) is 0. The average molecular weight is 565 g/mol. The SMILES string of the molecule is C[Si](C)(C)[Si](Cl)[Si](Cl)[Si](C)(C)C.C[Si](C)C.C[Si](C)C.[Ge]=[Ge]. The molecule has 0 nitrogen and oxygen atoms in total. The summed E-state index contributed by atoms with van der Waals surface area (Å²) in [6.45, 7) is 27.7. The number of rotatable bonds is 3. The predicted molar refractivity (Wildman–Crippen MR) is 128 cm³/mol. The average Bonchev–Trinajstić information content (AvgIpc) is 2.25. The van der Waals surface area contributed by atoms with Crippen LogP contribution >= 0.6 is 22.2 Å². The molecule has 0 aliphatic rings. The van der Waals surface area contributed by atoms with Gasteiger partial charge in [-0.2, -0.15) is 22.2 Å². The molecule has 0 spiro atoms. The van der Waals surface area contributed by atoms with Crippen LogP contribution in [0.4, 0.5) is 0 Å². The molecular weight excluding hydrogens is 529 g/mol. The van der Waals surface area contributed by atoms with E-state index < -0.39 is 29.5 Å². The van der Waals surface area contributed by atoms with Crippen LogP contribution in [0, 0.1) is 0 Å². The second-order valence-electron chi connectivity index (χ2n) is 8.13. The van der Waals surface area contributed by atoms with Gasteiger partial charge in [0.15, 0.2) is 14.3 Å². The molecule has 0 aromatic rings. The van der Waals surface area contributed by atoms with Crippen molar-refractivity contribution in [3.05, 3.63) is 0 Å². The van der Waals surface area contributed by atoms with Crippen molar-refractivity contribution in [2.24, 2.45) is 0 Å². The minimum absolute atomic E-state index is 0.120. The maximum absolute atomic E-state index is 6.50. The first-order valence-corrected chi connectivity index (χ1v) is 34.9. The van der Waals surface area contributed by atoms with Gasteiger partial charge in [0.1, 0.15) is 0 Å². The summed E-state index contributed by atoms with van der Waals surface area (Å²) in [4.78, 5) is 0. The van der Waals surface area contributed by atoms with E-state index in [4.69, 9.17) is 22.2 Å². The van der Waals surface area contributed by atoms with E-state index in [1.807, 2.05) is 28.0 Å². The second-order valence-corrected chi connectivity index (χ2v) is 48.5. The number of halogens is 2. The summed E-state index contributed by atoms with van der Waals surface area (Å²) in [6.07, 6.45) is 0. The third-order valence-corrected chi connectivity index (χ3v) is 51.2. The van der Waals surface area contributed by atoms with Crippen LogP contribution in [0.15, 0.2) is 0 Å². The zero-order valence-corrected chi connectivity index (χ0v) is 28.5. The Morgan fingerprint density at radius 2 is 0.636 bits per heavy atom. The minimum atomic E-state index is -1.12. The first kappa shape index (κ1) is 32.6. The van der Waals surface area contributed by atoms with Crippen molar-refractivity contribution in [1.29, 1.82) is 0 Å². The van der Waals surface area contributed by atoms with E-state index in [1.54, 1.807) is 0 Å². The molecule has 0 aromatic heterocycles. The number of hydrogen-bond donors (Lipinski definition) is 0. The fourth-order valence-corrected chi connectivity index (χ4v) is 53.3. The molecule has 0 amide bonds. The predicted octanol–water partition coefficient (Wildman–Crippen LogP) is 5.34. The van der Waals surface area contributed by atoms with Gasteiger partial charge in [0.2, 0.25) is 0 Å². The molecule has 130 valence electrons. The Labute approximate surface area is 174 Å². The van der Waals surface area contributed by atoms with Crippen LogP contribution in [0.2, 0.25) is 78.6 Å². The molecule has 0 saturated carbocycles. The van der Waals surface area contributed by atoms with Gasteiger partial charge in [-0.1, -0.05) is 78.6 Å². The van der Waals surface area contributed by atoms with Gasteiger partial charge in [-0.25, -0.2) is 0 Å². The second kappa shape index (κ2) is 17.4. The summed E-state index contributed by atoms with van der Waals surface area (Å²) in [5.41, 5.74) is 0. The van der Waals surface area contributed by atoms with E-state index in [9.17, 15) is 0 Å². The molecule has 8 radical (unpaired) electrons. The maximum atomic E-state index is 6.50. The van der Waals surface area contributed by atoms with Crippen molar-refractivity contribution in [3.63, 3.8) is 0 Å². The van der Waals surface area contributed by atoms with Crippen molar-refractivity contribution in [2.45, 2.75) is 78.6 Å². The molecule has 0 saturated heterocycles. The summed E-state index contributed by atoms with van der Waals surface area (Å²) >= 11 is 17.0.